The Morgan fingerprint density at radius 2 is 2.22 bits per heavy atom. The van der Waals surface area contributed by atoms with Crippen molar-refractivity contribution in [3.05, 3.63) is 0 Å². The Hall–Kier alpha value is -0.610. The molecule has 3 N–H and O–H groups in total. The van der Waals surface area contributed by atoms with Gasteiger partial charge in [-0.1, -0.05) is 0 Å². The average molecular weight is 132 g/mol. The molecule has 0 heterocycles. The van der Waals surface area contributed by atoms with E-state index in [2.05, 4.69) is 0 Å². The summed E-state index contributed by atoms with van der Waals surface area (Å²) in [5.74, 6) is -0.522. The van der Waals surface area contributed by atoms with Gasteiger partial charge in [-0.15, -0.1) is 0 Å². The molecule has 0 aromatic carbocycles. The van der Waals surface area contributed by atoms with E-state index >= 15 is 0 Å². The third-order valence-electron chi connectivity index (χ3n) is 0.914. The maximum absolute atomic E-state index is 10.1. The van der Waals surface area contributed by atoms with Gasteiger partial charge in [-0.3, -0.25) is 4.79 Å². The number of hydroxylamine groups is 2. The van der Waals surface area contributed by atoms with Crippen molar-refractivity contribution in [3.8, 4) is 0 Å². The predicted molar refractivity (Wildman–Crippen MR) is 32.8 cm³/mol. The molecule has 0 aromatic rings. The quantitative estimate of drug-likeness (QED) is 0.512. The lowest BCUT2D eigenvalue weighted by atomic mass is 10.4. The molecule has 0 atom stereocenters. The van der Waals surface area contributed by atoms with E-state index in [-0.39, 0.29) is 12.6 Å². The third kappa shape index (κ3) is 3.93. The highest BCUT2D eigenvalue weighted by Gasteiger charge is 2.06. The van der Waals surface area contributed by atoms with Gasteiger partial charge in [-0.25, -0.2) is 0 Å². The highest BCUT2D eigenvalue weighted by Crippen LogP contribution is 1.89. The first-order valence-corrected chi connectivity index (χ1v) is 2.78. The number of carbonyl (C=O) groups is 1. The maximum atomic E-state index is 10.1. The number of nitrogens with two attached hydrogens (primary N) is 1. The number of hydrogen-bond acceptors (Lipinski definition) is 3. The topological polar surface area (TPSA) is 66.6 Å². The van der Waals surface area contributed by atoms with Crippen molar-refractivity contribution in [1.82, 2.24) is 5.06 Å². The van der Waals surface area contributed by atoms with Crippen LogP contribution in [0.25, 0.3) is 0 Å². The predicted octanol–water partition coefficient (Wildman–Crippen LogP) is -0.429. The van der Waals surface area contributed by atoms with Gasteiger partial charge in [-0.05, 0) is 13.8 Å². The van der Waals surface area contributed by atoms with Crippen LogP contribution in [0.5, 0.6) is 0 Å². The Morgan fingerprint density at radius 1 is 1.78 bits per heavy atom. The molecule has 0 fully saturated rings. The van der Waals surface area contributed by atoms with Crippen molar-refractivity contribution >= 4 is 5.91 Å². The molecule has 4 nitrogen and oxygen atoms in total. The van der Waals surface area contributed by atoms with Gasteiger partial charge in [0.25, 0.3) is 0 Å². The third-order valence-corrected chi connectivity index (χ3v) is 0.914. The van der Waals surface area contributed by atoms with E-state index in [4.69, 9.17) is 10.9 Å². The maximum Gasteiger partial charge on any atom is 0.234 e. The van der Waals surface area contributed by atoms with Gasteiger partial charge < -0.3 is 10.9 Å². The number of carbonyl (C=O) groups excluding carboxylic acids is 1. The second kappa shape index (κ2) is 3.42. The summed E-state index contributed by atoms with van der Waals surface area (Å²) in [4.78, 5) is 10.1. The van der Waals surface area contributed by atoms with Gasteiger partial charge in [0.05, 0.1) is 0 Å². The molecule has 0 unspecified atom stereocenters. The zero-order valence-corrected chi connectivity index (χ0v) is 5.66. The first-order valence-electron chi connectivity index (χ1n) is 2.78. The second-order valence-electron chi connectivity index (χ2n) is 2.16. The van der Waals surface area contributed by atoms with Gasteiger partial charge in [0.15, 0.2) is 0 Å². The number of hydrogen-bond donors (Lipinski definition) is 2. The summed E-state index contributed by atoms with van der Waals surface area (Å²) in [5.41, 5.74) is 4.79. The van der Waals surface area contributed by atoms with Crippen molar-refractivity contribution in [1.29, 1.82) is 0 Å². The Morgan fingerprint density at radius 3 is 2.33 bits per heavy atom. The smallest absolute Gasteiger partial charge is 0.234 e. The Balaban J connectivity index is 3.50. The minimum Gasteiger partial charge on any atom is -0.368 e. The summed E-state index contributed by atoms with van der Waals surface area (Å²) in [6, 6.07) is -0.0579. The molecule has 0 aliphatic carbocycles. The molecular formula is C5H12N2O2. The van der Waals surface area contributed by atoms with Crippen LogP contribution in [0.2, 0.25) is 0 Å². The summed E-state index contributed by atoms with van der Waals surface area (Å²) in [5, 5.41) is 9.72. The van der Waals surface area contributed by atoms with Crippen LogP contribution >= 0.6 is 0 Å². The van der Waals surface area contributed by atoms with Crippen LogP contribution in [0.1, 0.15) is 13.8 Å². The van der Waals surface area contributed by atoms with Gasteiger partial charge in [0.2, 0.25) is 5.91 Å². The monoisotopic (exact) mass is 132 g/mol. The largest absolute Gasteiger partial charge is 0.368 e. The van der Waals surface area contributed by atoms with Crippen LogP contribution in [0.15, 0.2) is 0 Å². The number of primary amides is 1. The van der Waals surface area contributed by atoms with Crippen molar-refractivity contribution < 1.29 is 10.0 Å². The minimum absolute atomic E-state index is 0.0579. The van der Waals surface area contributed by atoms with Crippen molar-refractivity contribution in [2.24, 2.45) is 5.73 Å². The highest BCUT2D eigenvalue weighted by molar-refractivity contribution is 5.75. The molecule has 0 radical (unpaired) electrons. The van der Waals surface area contributed by atoms with E-state index in [1.54, 1.807) is 13.8 Å². The minimum atomic E-state index is -0.522. The van der Waals surface area contributed by atoms with E-state index in [0.29, 0.717) is 0 Å². The Bertz CT molecular complexity index is 103. The standard InChI is InChI=1S/C5H12N2O2/c1-4(2)7(9)3-5(6)8/h4,9H,3H2,1-2H3,(H2,6,8). The van der Waals surface area contributed by atoms with Crippen LogP contribution in [0.4, 0.5) is 0 Å². The second-order valence-corrected chi connectivity index (χ2v) is 2.16. The van der Waals surface area contributed by atoms with Crippen LogP contribution in [0, 0.1) is 0 Å². The average Bonchev–Trinajstić information content (AvgIpc) is 1.63. The molecule has 1 amide bonds. The van der Waals surface area contributed by atoms with Crippen molar-refractivity contribution in [3.63, 3.8) is 0 Å². The molecule has 4 heteroatoms. The molecule has 0 rings (SSSR count). The summed E-state index contributed by atoms with van der Waals surface area (Å²) in [6.07, 6.45) is 0. The van der Waals surface area contributed by atoms with E-state index in [9.17, 15) is 4.79 Å². The van der Waals surface area contributed by atoms with E-state index < -0.39 is 5.91 Å². The molecule has 54 valence electrons. The summed E-state index contributed by atoms with van der Waals surface area (Å²) in [7, 11) is 0. The lowest BCUT2D eigenvalue weighted by molar-refractivity contribution is -0.143. The zero-order valence-electron chi connectivity index (χ0n) is 5.66. The molecule has 0 saturated carbocycles. The van der Waals surface area contributed by atoms with Crippen LogP contribution in [-0.2, 0) is 4.79 Å². The summed E-state index contributed by atoms with van der Waals surface area (Å²) in [6.45, 7) is 3.43. The SMILES string of the molecule is CC(C)N(O)CC(N)=O. The number of rotatable bonds is 3. The van der Waals surface area contributed by atoms with Crippen LogP contribution < -0.4 is 5.73 Å². The molecule has 0 aromatic heterocycles. The van der Waals surface area contributed by atoms with Gasteiger partial charge in [-0.2, -0.15) is 5.06 Å². The molecule has 9 heavy (non-hydrogen) atoms. The van der Waals surface area contributed by atoms with E-state index in [1.165, 1.54) is 0 Å². The lowest BCUT2D eigenvalue weighted by Crippen LogP contribution is -2.35. The first kappa shape index (κ1) is 8.39. The van der Waals surface area contributed by atoms with Gasteiger partial charge in [0.1, 0.15) is 6.54 Å². The molecule has 0 saturated heterocycles. The summed E-state index contributed by atoms with van der Waals surface area (Å²) < 4.78 is 0. The fraction of sp³-hybridized carbons (Fsp3) is 0.800. The lowest BCUT2D eigenvalue weighted by Gasteiger charge is -2.15. The van der Waals surface area contributed by atoms with Gasteiger partial charge >= 0.3 is 0 Å². The van der Waals surface area contributed by atoms with Crippen molar-refractivity contribution in [2.75, 3.05) is 6.54 Å². The van der Waals surface area contributed by atoms with Crippen LogP contribution in [-0.4, -0.2) is 28.8 Å². The number of nitrogens with zero attached hydrogens (tertiary/aromatic N) is 1. The normalized spacial score (nSPS) is 10.8. The van der Waals surface area contributed by atoms with E-state index in [0.717, 1.165) is 5.06 Å². The van der Waals surface area contributed by atoms with Gasteiger partial charge in [0, 0.05) is 6.04 Å². The Labute approximate surface area is 54.2 Å². The van der Waals surface area contributed by atoms with Crippen molar-refractivity contribution in [2.45, 2.75) is 19.9 Å². The molecular weight excluding hydrogens is 120 g/mol. The molecule has 0 aliphatic rings. The van der Waals surface area contributed by atoms with Crippen LogP contribution in [0.3, 0.4) is 0 Å². The first-order chi connectivity index (χ1) is 4.04. The fourth-order valence-corrected chi connectivity index (χ4v) is 0.342. The fourth-order valence-electron chi connectivity index (χ4n) is 0.342. The van der Waals surface area contributed by atoms with E-state index in [1.807, 2.05) is 0 Å². The Kier molecular flexibility index (Phi) is 3.19. The highest BCUT2D eigenvalue weighted by atomic mass is 16.5. The molecule has 0 aliphatic heterocycles. The zero-order chi connectivity index (χ0) is 7.44. The summed E-state index contributed by atoms with van der Waals surface area (Å²) >= 11 is 0. The number of amides is 1. The molecule has 0 bridgehead atoms. The molecule has 0 spiro atoms.